The molecule has 0 bridgehead atoms. The van der Waals surface area contributed by atoms with Gasteiger partial charge in [0.05, 0.1) is 18.2 Å². The Balaban J connectivity index is 1.96. The minimum atomic E-state index is -0.659. The predicted molar refractivity (Wildman–Crippen MR) is 83.3 cm³/mol. The van der Waals surface area contributed by atoms with Gasteiger partial charge in [-0.2, -0.15) is 0 Å². The first-order chi connectivity index (χ1) is 9.39. The molecule has 1 aliphatic carbocycles. The lowest BCUT2D eigenvalue weighted by Gasteiger charge is -2.35. The van der Waals surface area contributed by atoms with Gasteiger partial charge in [-0.05, 0) is 43.9 Å². The van der Waals surface area contributed by atoms with E-state index in [2.05, 4.69) is 10.3 Å². The second kappa shape index (κ2) is 6.20. The molecule has 110 valence electrons. The molecule has 20 heavy (non-hydrogen) atoms. The number of halogens is 2. The number of hydrogen-bond donors (Lipinski definition) is 3. The molecule has 0 radical (unpaired) electrons. The summed E-state index contributed by atoms with van der Waals surface area (Å²) in [6.45, 7) is 2.28. The van der Waals surface area contributed by atoms with E-state index in [1.807, 2.05) is 13.0 Å². The molecule has 0 saturated heterocycles. The molecule has 6 heteroatoms. The van der Waals surface area contributed by atoms with Gasteiger partial charge in [-0.3, -0.25) is 4.99 Å². The number of benzene rings is 1. The number of aliphatic hydroxyl groups is 1. The third kappa shape index (κ3) is 3.78. The average molecular weight is 316 g/mol. The molecule has 0 aromatic heterocycles. The van der Waals surface area contributed by atoms with Crippen molar-refractivity contribution in [2.24, 2.45) is 10.7 Å². The van der Waals surface area contributed by atoms with Crippen molar-refractivity contribution in [2.75, 3.05) is 6.54 Å². The van der Waals surface area contributed by atoms with Crippen molar-refractivity contribution in [2.45, 2.75) is 37.8 Å². The van der Waals surface area contributed by atoms with Gasteiger partial charge in [0, 0.05) is 10.0 Å². The van der Waals surface area contributed by atoms with E-state index in [1.165, 1.54) is 0 Å². The van der Waals surface area contributed by atoms with Crippen LogP contribution in [-0.2, 0) is 0 Å². The average Bonchev–Trinajstić information content (AvgIpc) is 2.33. The molecule has 1 unspecified atom stereocenters. The Kier molecular flexibility index (Phi) is 4.78. The van der Waals surface area contributed by atoms with Crippen LogP contribution >= 0.6 is 23.2 Å². The smallest absolute Gasteiger partial charge is 0.189 e. The second-order valence-electron chi connectivity index (χ2n) is 5.31. The van der Waals surface area contributed by atoms with Crippen LogP contribution in [-0.4, -0.2) is 23.2 Å². The fourth-order valence-electron chi connectivity index (χ4n) is 2.17. The molecule has 0 heterocycles. The van der Waals surface area contributed by atoms with Gasteiger partial charge in [0.1, 0.15) is 0 Å². The van der Waals surface area contributed by atoms with Crippen LogP contribution in [0.5, 0.6) is 0 Å². The largest absolute Gasteiger partial charge is 0.388 e. The van der Waals surface area contributed by atoms with Crippen LogP contribution in [0.25, 0.3) is 0 Å². The molecule has 0 spiro atoms. The van der Waals surface area contributed by atoms with Crippen molar-refractivity contribution in [3.63, 3.8) is 0 Å². The maximum Gasteiger partial charge on any atom is 0.189 e. The van der Waals surface area contributed by atoms with Gasteiger partial charge >= 0.3 is 0 Å². The van der Waals surface area contributed by atoms with Gasteiger partial charge in [-0.1, -0.05) is 29.3 Å². The summed E-state index contributed by atoms with van der Waals surface area (Å²) in [5, 5.41) is 14.2. The Hall–Kier alpha value is -0.970. The molecule has 1 saturated carbocycles. The summed E-state index contributed by atoms with van der Waals surface area (Å²) in [6, 6.07) is 5.25. The lowest BCUT2D eigenvalue weighted by atomic mass is 9.80. The quantitative estimate of drug-likeness (QED) is 0.591. The molecule has 1 aliphatic rings. The van der Waals surface area contributed by atoms with Crippen LogP contribution in [0, 0.1) is 0 Å². The Bertz CT molecular complexity index is 515. The van der Waals surface area contributed by atoms with Crippen molar-refractivity contribution in [1.82, 2.24) is 5.32 Å². The monoisotopic (exact) mass is 315 g/mol. The van der Waals surface area contributed by atoms with Crippen LogP contribution in [0.2, 0.25) is 10.0 Å². The van der Waals surface area contributed by atoms with E-state index in [0.717, 1.165) is 24.8 Å². The molecule has 0 amide bonds. The van der Waals surface area contributed by atoms with Crippen LogP contribution in [0.4, 0.5) is 0 Å². The Morgan fingerprint density at radius 1 is 1.50 bits per heavy atom. The van der Waals surface area contributed by atoms with Crippen LogP contribution < -0.4 is 11.1 Å². The Morgan fingerprint density at radius 2 is 2.20 bits per heavy atom. The Morgan fingerprint density at radius 3 is 2.75 bits per heavy atom. The van der Waals surface area contributed by atoms with Crippen molar-refractivity contribution in [3.05, 3.63) is 33.8 Å². The minimum Gasteiger partial charge on any atom is -0.388 e. The number of nitrogens with one attached hydrogen (secondary N) is 1. The fourth-order valence-corrected chi connectivity index (χ4v) is 2.75. The van der Waals surface area contributed by atoms with E-state index in [-0.39, 0.29) is 6.04 Å². The zero-order valence-electron chi connectivity index (χ0n) is 11.4. The Labute approximate surface area is 129 Å². The highest BCUT2D eigenvalue weighted by Crippen LogP contribution is 2.31. The van der Waals surface area contributed by atoms with Gasteiger partial charge in [0.2, 0.25) is 0 Å². The standard InChI is InChI=1S/C14H19Cl2N3O/c1-9(11-4-3-10(15)7-12(11)16)19-13(17)18-8-14(20)5-2-6-14/h3-4,7,9,20H,2,5-6,8H2,1H3,(H3,17,18,19). The van der Waals surface area contributed by atoms with E-state index in [9.17, 15) is 5.11 Å². The topological polar surface area (TPSA) is 70.6 Å². The van der Waals surface area contributed by atoms with Crippen LogP contribution in [0.15, 0.2) is 23.2 Å². The first kappa shape index (κ1) is 15.4. The van der Waals surface area contributed by atoms with Gasteiger partial charge < -0.3 is 16.2 Å². The summed E-state index contributed by atoms with van der Waals surface area (Å²) in [6.07, 6.45) is 2.64. The number of aliphatic imine (C=N–C) groups is 1. The summed E-state index contributed by atoms with van der Waals surface area (Å²) < 4.78 is 0. The van der Waals surface area contributed by atoms with E-state index < -0.39 is 5.60 Å². The fraction of sp³-hybridized carbons (Fsp3) is 0.500. The number of rotatable bonds is 4. The van der Waals surface area contributed by atoms with E-state index in [1.54, 1.807) is 12.1 Å². The highest BCUT2D eigenvalue weighted by molar-refractivity contribution is 6.35. The molecule has 1 fully saturated rings. The maximum atomic E-state index is 9.96. The van der Waals surface area contributed by atoms with Crippen molar-refractivity contribution < 1.29 is 5.11 Å². The summed E-state index contributed by atoms with van der Waals surface area (Å²) in [4.78, 5) is 4.19. The molecule has 4 N–H and O–H groups in total. The third-order valence-corrected chi connectivity index (χ3v) is 4.18. The zero-order chi connectivity index (χ0) is 14.8. The van der Waals surface area contributed by atoms with E-state index in [4.69, 9.17) is 28.9 Å². The molecule has 4 nitrogen and oxygen atoms in total. The molecule has 0 aliphatic heterocycles. The highest BCUT2D eigenvalue weighted by Gasteiger charge is 2.34. The summed E-state index contributed by atoms with van der Waals surface area (Å²) in [5.74, 6) is 0.309. The lowest BCUT2D eigenvalue weighted by molar-refractivity contribution is -0.0235. The third-order valence-electron chi connectivity index (χ3n) is 3.62. The summed E-state index contributed by atoms with van der Waals surface area (Å²) >= 11 is 12.0. The molecular weight excluding hydrogens is 297 g/mol. The van der Waals surface area contributed by atoms with E-state index >= 15 is 0 Å². The predicted octanol–water partition coefficient (Wildman–Crippen LogP) is 2.87. The van der Waals surface area contributed by atoms with Crippen LogP contribution in [0.3, 0.4) is 0 Å². The number of nitrogens with two attached hydrogens (primary N) is 1. The first-order valence-corrected chi connectivity index (χ1v) is 7.39. The van der Waals surface area contributed by atoms with Crippen molar-refractivity contribution >= 4 is 29.2 Å². The molecular formula is C14H19Cl2N3O. The van der Waals surface area contributed by atoms with E-state index in [0.29, 0.717) is 22.5 Å². The van der Waals surface area contributed by atoms with Crippen molar-refractivity contribution in [3.8, 4) is 0 Å². The highest BCUT2D eigenvalue weighted by atomic mass is 35.5. The first-order valence-electron chi connectivity index (χ1n) is 6.63. The van der Waals surface area contributed by atoms with Gasteiger partial charge in [-0.15, -0.1) is 0 Å². The molecule has 2 rings (SSSR count). The molecule has 1 aromatic carbocycles. The molecule has 1 atom stereocenters. The zero-order valence-corrected chi connectivity index (χ0v) is 12.9. The maximum absolute atomic E-state index is 9.96. The number of hydrogen-bond acceptors (Lipinski definition) is 2. The van der Waals surface area contributed by atoms with Crippen molar-refractivity contribution in [1.29, 1.82) is 0 Å². The second-order valence-corrected chi connectivity index (χ2v) is 6.15. The molecule has 1 aromatic rings. The summed E-state index contributed by atoms with van der Waals surface area (Å²) in [7, 11) is 0. The lowest BCUT2D eigenvalue weighted by Crippen LogP contribution is -2.42. The van der Waals surface area contributed by atoms with Gasteiger partial charge in [0.15, 0.2) is 5.96 Å². The summed E-state index contributed by atoms with van der Waals surface area (Å²) in [5.41, 5.74) is 6.08. The normalized spacial score (nSPS) is 19.3. The number of guanidine groups is 1. The van der Waals surface area contributed by atoms with Gasteiger partial charge in [0.25, 0.3) is 0 Å². The SMILES string of the molecule is CC(NC(N)=NCC1(O)CCC1)c1ccc(Cl)cc1Cl. The number of nitrogens with zero attached hydrogens (tertiary/aromatic N) is 1. The minimum absolute atomic E-state index is 0.0837. The van der Waals surface area contributed by atoms with Gasteiger partial charge in [-0.25, -0.2) is 0 Å². The van der Waals surface area contributed by atoms with Crippen LogP contribution in [0.1, 0.15) is 37.8 Å².